The van der Waals surface area contributed by atoms with Gasteiger partial charge in [0.25, 0.3) is 0 Å². The topological polar surface area (TPSA) is 81.9 Å². The van der Waals surface area contributed by atoms with Crippen molar-refractivity contribution in [3.05, 3.63) is 5.82 Å². The predicted octanol–water partition coefficient (Wildman–Crippen LogP) is -0.952. The molecule has 1 aliphatic rings. The van der Waals surface area contributed by atoms with Gasteiger partial charge in [-0.3, -0.25) is 4.79 Å². The summed E-state index contributed by atoms with van der Waals surface area (Å²) in [5, 5.41) is 13.7. The van der Waals surface area contributed by atoms with E-state index in [-0.39, 0.29) is 18.4 Å². The first-order chi connectivity index (χ1) is 7.75. The quantitative estimate of drug-likeness (QED) is 0.714. The third-order valence-electron chi connectivity index (χ3n) is 2.58. The summed E-state index contributed by atoms with van der Waals surface area (Å²) in [4.78, 5) is 11.5. The number of ether oxygens (including phenoxy) is 1. The van der Waals surface area contributed by atoms with Crippen molar-refractivity contribution in [3.63, 3.8) is 0 Å². The van der Waals surface area contributed by atoms with Crippen LogP contribution < -0.4 is 5.32 Å². The molecule has 0 saturated carbocycles. The molecule has 2 heterocycles. The van der Waals surface area contributed by atoms with Gasteiger partial charge in [0.15, 0.2) is 5.82 Å². The molecular weight excluding hydrogens is 210 g/mol. The van der Waals surface area contributed by atoms with Crippen LogP contribution in [0.1, 0.15) is 18.7 Å². The molecule has 16 heavy (non-hydrogen) atoms. The minimum absolute atomic E-state index is 0.0756. The Bertz CT molecular complexity index is 359. The Morgan fingerprint density at radius 1 is 1.69 bits per heavy atom. The number of carbonyl (C=O) groups excluding carboxylic acids is 1. The number of amides is 1. The Balaban J connectivity index is 1.74. The second-order valence-corrected chi connectivity index (χ2v) is 3.83. The fourth-order valence-electron chi connectivity index (χ4n) is 1.64. The van der Waals surface area contributed by atoms with E-state index in [1.165, 1.54) is 4.68 Å². The van der Waals surface area contributed by atoms with Crippen molar-refractivity contribution < 1.29 is 9.53 Å². The van der Waals surface area contributed by atoms with E-state index in [1.54, 1.807) is 7.05 Å². The summed E-state index contributed by atoms with van der Waals surface area (Å²) in [7, 11) is 1.71. The summed E-state index contributed by atoms with van der Waals surface area (Å²) < 4.78 is 6.89. The summed E-state index contributed by atoms with van der Waals surface area (Å²) in [6, 6.07) is 0. The van der Waals surface area contributed by atoms with Gasteiger partial charge < -0.3 is 10.1 Å². The Morgan fingerprint density at radius 2 is 2.56 bits per heavy atom. The third-order valence-corrected chi connectivity index (χ3v) is 2.58. The van der Waals surface area contributed by atoms with Crippen LogP contribution in [-0.4, -0.2) is 45.4 Å². The summed E-state index contributed by atoms with van der Waals surface area (Å²) in [5.74, 6) is 0.484. The van der Waals surface area contributed by atoms with Crippen LogP contribution in [0.5, 0.6) is 0 Å². The van der Waals surface area contributed by atoms with Gasteiger partial charge in [-0.05, 0) is 23.3 Å². The van der Waals surface area contributed by atoms with E-state index < -0.39 is 0 Å². The first-order valence-corrected chi connectivity index (χ1v) is 5.35. The van der Waals surface area contributed by atoms with E-state index in [0.29, 0.717) is 12.4 Å². The minimum atomic E-state index is -0.0756. The van der Waals surface area contributed by atoms with Crippen molar-refractivity contribution in [2.45, 2.75) is 25.4 Å². The number of rotatable bonds is 4. The zero-order chi connectivity index (χ0) is 11.4. The van der Waals surface area contributed by atoms with Gasteiger partial charge in [-0.2, -0.15) is 0 Å². The first kappa shape index (κ1) is 11.0. The number of nitrogens with one attached hydrogen (secondary N) is 1. The molecule has 0 bridgehead atoms. The van der Waals surface area contributed by atoms with E-state index in [0.717, 1.165) is 19.4 Å². The van der Waals surface area contributed by atoms with E-state index in [2.05, 4.69) is 20.8 Å². The lowest BCUT2D eigenvalue weighted by Crippen LogP contribution is -2.33. The molecule has 1 aromatic heterocycles. The number of tetrazole rings is 1. The van der Waals surface area contributed by atoms with Crippen LogP contribution in [0.15, 0.2) is 0 Å². The molecule has 7 heteroatoms. The average molecular weight is 225 g/mol. The lowest BCUT2D eigenvalue weighted by atomic mass is 10.2. The SMILES string of the molecule is Cn1nnnc1CC(=O)NCC1CCCO1. The summed E-state index contributed by atoms with van der Waals surface area (Å²) in [5.41, 5.74) is 0. The van der Waals surface area contributed by atoms with Crippen molar-refractivity contribution >= 4 is 5.91 Å². The fourth-order valence-corrected chi connectivity index (χ4v) is 1.64. The van der Waals surface area contributed by atoms with Gasteiger partial charge in [0.2, 0.25) is 5.91 Å². The molecule has 1 saturated heterocycles. The maximum atomic E-state index is 11.5. The average Bonchev–Trinajstić information content (AvgIpc) is 2.88. The van der Waals surface area contributed by atoms with Crippen LogP contribution in [0.25, 0.3) is 0 Å². The fraction of sp³-hybridized carbons (Fsp3) is 0.778. The van der Waals surface area contributed by atoms with Gasteiger partial charge in [0.1, 0.15) is 0 Å². The van der Waals surface area contributed by atoms with Gasteiger partial charge in [0.05, 0.1) is 12.5 Å². The molecule has 0 radical (unpaired) electrons. The molecule has 2 rings (SSSR count). The highest BCUT2D eigenvalue weighted by Crippen LogP contribution is 2.10. The Labute approximate surface area is 93.2 Å². The standard InChI is InChI=1S/C9H15N5O2/c1-14-8(11-12-13-14)5-9(15)10-6-7-3-2-4-16-7/h7H,2-6H2,1H3,(H,10,15). The number of carbonyl (C=O) groups is 1. The monoisotopic (exact) mass is 225 g/mol. The van der Waals surface area contributed by atoms with Gasteiger partial charge in [-0.1, -0.05) is 0 Å². The highest BCUT2D eigenvalue weighted by molar-refractivity contribution is 5.77. The summed E-state index contributed by atoms with van der Waals surface area (Å²) >= 11 is 0. The summed E-state index contributed by atoms with van der Waals surface area (Å²) in [6.07, 6.45) is 2.47. The van der Waals surface area contributed by atoms with Crippen LogP contribution in [0, 0.1) is 0 Å². The van der Waals surface area contributed by atoms with E-state index in [1.807, 2.05) is 0 Å². The van der Waals surface area contributed by atoms with Crippen molar-refractivity contribution in [1.29, 1.82) is 0 Å². The van der Waals surface area contributed by atoms with Crippen molar-refractivity contribution in [2.24, 2.45) is 7.05 Å². The van der Waals surface area contributed by atoms with E-state index in [4.69, 9.17) is 4.74 Å². The van der Waals surface area contributed by atoms with E-state index >= 15 is 0 Å². The molecule has 0 aromatic carbocycles. The Kier molecular flexibility index (Phi) is 3.45. The molecule has 1 aliphatic heterocycles. The first-order valence-electron chi connectivity index (χ1n) is 5.35. The minimum Gasteiger partial charge on any atom is -0.376 e. The van der Waals surface area contributed by atoms with Crippen LogP contribution in [0.4, 0.5) is 0 Å². The Morgan fingerprint density at radius 3 is 3.19 bits per heavy atom. The number of aryl methyl sites for hydroxylation is 1. The van der Waals surface area contributed by atoms with Crippen LogP contribution in [-0.2, 0) is 23.0 Å². The van der Waals surface area contributed by atoms with Gasteiger partial charge in [-0.15, -0.1) is 5.10 Å². The van der Waals surface area contributed by atoms with Crippen molar-refractivity contribution in [2.75, 3.05) is 13.2 Å². The molecule has 1 fully saturated rings. The van der Waals surface area contributed by atoms with Gasteiger partial charge in [0, 0.05) is 20.2 Å². The molecule has 0 aliphatic carbocycles. The van der Waals surface area contributed by atoms with Crippen molar-refractivity contribution in [1.82, 2.24) is 25.5 Å². The molecule has 1 unspecified atom stereocenters. The maximum Gasteiger partial charge on any atom is 0.227 e. The number of hydrogen-bond acceptors (Lipinski definition) is 5. The van der Waals surface area contributed by atoms with Crippen molar-refractivity contribution in [3.8, 4) is 0 Å². The Hall–Kier alpha value is -1.50. The van der Waals surface area contributed by atoms with Gasteiger partial charge in [-0.25, -0.2) is 4.68 Å². The normalized spacial score (nSPS) is 19.9. The maximum absolute atomic E-state index is 11.5. The van der Waals surface area contributed by atoms with Crippen LogP contribution >= 0.6 is 0 Å². The molecule has 1 atom stereocenters. The molecule has 1 aromatic rings. The highest BCUT2D eigenvalue weighted by Gasteiger charge is 2.16. The van der Waals surface area contributed by atoms with Crippen LogP contribution in [0.2, 0.25) is 0 Å². The highest BCUT2D eigenvalue weighted by atomic mass is 16.5. The summed E-state index contributed by atoms with van der Waals surface area (Å²) in [6.45, 7) is 1.37. The van der Waals surface area contributed by atoms with Crippen LogP contribution in [0.3, 0.4) is 0 Å². The largest absolute Gasteiger partial charge is 0.376 e. The lowest BCUT2D eigenvalue weighted by Gasteiger charge is -2.10. The van der Waals surface area contributed by atoms with E-state index in [9.17, 15) is 4.79 Å². The second-order valence-electron chi connectivity index (χ2n) is 3.83. The lowest BCUT2D eigenvalue weighted by molar-refractivity contribution is -0.121. The van der Waals surface area contributed by atoms with Gasteiger partial charge >= 0.3 is 0 Å². The molecule has 7 nitrogen and oxygen atoms in total. The molecule has 0 spiro atoms. The number of nitrogens with zero attached hydrogens (tertiary/aromatic N) is 4. The molecule has 88 valence electrons. The zero-order valence-electron chi connectivity index (χ0n) is 9.22. The smallest absolute Gasteiger partial charge is 0.227 e. The third kappa shape index (κ3) is 2.75. The second kappa shape index (κ2) is 5.02. The zero-order valence-corrected chi connectivity index (χ0v) is 9.22. The molecule has 1 N–H and O–H groups in total. The predicted molar refractivity (Wildman–Crippen MR) is 54.5 cm³/mol. The molecule has 1 amide bonds. The number of hydrogen-bond donors (Lipinski definition) is 1. The molecular formula is C9H15N5O2. The number of aromatic nitrogens is 4.